The highest BCUT2D eigenvalue weighted by Crippen LogP contribution is 2.23. The second-order valence-electron chi connectivity index (χ2n) is 5.43. The highest BCUT2D eigenvalue weighted by Gasteiger charge is 2.10. The summed E-state index contributed by atoms with van der Waals surface area (Å²) in [6.45, 7) is 4.92. The minimum Gasteiger partial charge on any atom is -0.483 e. The maximum Gasteiger partial charge on any atom is 0.262 e. The Labute approximate surface area is 139 Å². The van der Waals surface area contributed by atoms with Gasteiger partial charge in [-0.3, -0.25) is 9.59 Å². The standard InChI is InChI=1S/C18H19FN2O3/c1-11-5-4-6-12(2)18(11)24-10-17(23)21-14-7-8-15(19)16(9-14)20-13(3)22/h4-9H,10H2,1-3H3,(H,20,22)(H,21,23). The van der Waals surface area contributed by atoms with Gasteiger partial charge in [0.25, 0.3) is 5.91 Å². The second-order valence-corrected chi connectivity index (χ2v) is 5.43. The molecular formula is C18H19FN2O3. The van der Waals surface area contributed by atoms with Gasteiger partial charge in [0, 0.05) is 12.6 Å². The number of hydrogen-bond acceptors (Lipinski definition) is 3. The smallest absolute Gasteiger partial charge is 0.262 e. The number of amides is 2. The topological polar surface area (TPSA) is 67.4 Å². The Bertz CT molecular complexity index is 755. The first kappa shape index (κ1) is 17.5. The first-order chi connectivity index (χ1) is 11.4. The maximum absolute atomic E-state index is 13.6. The fourth-order valence-electron chi connectivity index (χ4n) is 2.25. The van der Waals surface area contributed by atoms with Crippen LogP contribution in [-0.4, -0.2) is 18.4 Å². The third kappa shape index (κ3) is 4.55. The van der Waals surface area contributed by atoms with Gasteiger partial charge in [0.15, 0.2) is 6.61 Å². The van der Waals surface area contributed by atoms with E-state index in [0.717, 1.165) is 11.1 Å². The highest BCUT2D eigenvalue weighted by atomic mass is 19.1. The monoisotopic (exact) mass is 330 g/mol. The Kier molecular flexibility index (Phi) is 5.52. The van der Waals surface area contributed by atoms with Crippen LogP contribution in [0.25, 0.3) is 0 Å². The zero-order chi connectivity index (χ0) is 17.7. The molecule has 0 saturated heterocycles. The number of carbonyl (C=O) groups excluding carboxylic acids is 2. The van der Waals surface area contributed by atoms with Gasteiger partial charge >= 0.3 is 0 Å². The Morgan fingerprint density at radius 3 is 2.38 bits per heavy atom. The molecule has 0 aromatic heterocycles. The summed E-state index contributed by atoms with van der Waals surface area (Å²) < 4.78 is 19.1. The fourth-order valence-corrected chi connectivity index (χ4v) is 2.25. The predicted molar refractivity (Wildman–Crippen MR) is 90.7 cm³/mol. The van der Waals surface area contributed by atoms with Crippen LogP contribution < -0.4 is 15.4 Å². The minimum absolute atomic E-state index is 0.0102. The predicted octanol–water partition coefficient (Wildman–Crippen LogP) is 3.42. The van der Waals surface area contributed by atoms with E-state index in [4.69, 9.17) is 4.74 Å². The molecule has 2 aromatic carbocycles. The van der Waals surface area contributed by atoms with Crippen molar-refractivity contribution >= 4 is 23.2 Å². The Hall–Kier alpha value is -2.89. The normalized spacial score (nSPS) is 10.2. The number of rotatable bonds is 5. The Morgan fingerprint density at radius 1 is 1.08 bits per heavy atom. The molecule has 2 N–H and O–H groups in total. The van der Waals surface area contributed by atoms with Gasteiger partial charge in [-0.25, -0.2) is 4.39 Å². The number of carbonyl (C=O) groups is 2. The van der Waals surface area contributed by atoms with Crippen molar-refractivity contribution in [1.29, 1.82) is 0 Å². The van der Waals surface area contributed by atoms with Gasteiger partial charge in [-0.15, -0.1) is 0 Å². The fraction of sp³-hybridized carbons (Fsp3) is 0.222. The van der Waals surface area contributed by atoms with Gasteiger partial charge in [-0.2, -0.15) is 0 Å². The molecule has 5 nitrogen and oxygen atoms in total. The van der Waals surface area contributed by atoms with Crippen LogP contribution in [0.4, 0.5) is 15.8 Å². The van der Waals surface area contributed by atoms with Crippen molar-refractivity contribution in [2.24, 2.45) is 0 Å². The quantitative estimate of drug-likeness (QED) is 0.883. The number of para-hydroxylation sites is 1. The van der Waals surface area contributed by atoms with Crippen LogP contribution in [0.2, 0.25) is 0 Å². The largest absolute Gasteiger partial charge is 0.483 e. The molecule has 2 aromatic rings. The summed E-state index contributed by atoms with van der Waals surface area (Å²) in [6, 6.07) is 9.66. The molecule has 0 spiro atoms. The van der Waals surface area contributed by atoms with Crippen molar-refractivity contribution in [3.05, 3.63) is 53.3 Å². The molecule has 0 atom stereocenters. The van der Waals surface area contributed by atoms with Crippen LogP contribution in [0.15, 0.2) is 36.4 Å². The van der Waals surface area contributed by atoms with Crippen LogP contribution in [0.5, 0.6) is 5.75 Å². The van der Waals surface area contributed by atoms with Crippen LogP contribution in [0.1, 0.15) is 18.1 Å². The first-order valence-corrected chi connectivity index (χ1v) is 7.43. The lowest BCUT2D eigenvalue weighted by Crippen LogP contribution is -2.21. The number of benzene rings is 2. The van der Waals surface area contributed by atoms with Crippen molar-refractivity contribution in [3.8, 4) is 5.75 Å². The van der Waals surface area contributed by atoms with Crippen LogP contribution in [-0.2, 0) is 9.59 Å². The summed E-state index contributed by atoms with van der Waals surface area (Å²) in [5, 5.41) is 4.97. The zero-order valence-electron chi connectivity index (χ0n) is 13.8. The summed E-state index contributed by atoms with van der Waals surface area (Å²) in [7, 11) is 0. The highest BCUT2D eigenvalue weighted by molar-refractivity contribution is 5.94. The number of aryl methyl sites for hydroxylation is 2. The number of ether oxygens (including phenoxy) is 1. The van der Waals surface area contributed by atoms with Gasteiger partial charge in [0.05, 0.1) is 5.69 Å². The first-order valence-electron chi connectivity index (χ1n) is 7.43. The maximum atomic E-state index is 13.6. The summed E-state index contributed by atoms with van der Waals surface area (Å²) in [6.07, 6.45) is 0. The average molecular weight is 330 g/mol. The molecule has 2 amide bonds. The van der Waals surface area contributed by atoms with E-state index in [1.807, 2.05) is 32.0 Å². The van der Waals surface area contributed by atoms with E-state index in [1.54, 1.807) is 0 Å². The van der Waals surface area contributed by atoms with Crippen molar-refractivity contribution < 1.29 is 18.7 Å². The van der Waals surface area contributed by atoms with Crippen molar-refractivity contribution in [2.75, 3.05) is 17.2 Å². The summed E-state index contributed by atoms with van der Waals surface area (Å²) >= 11 is 0. The number of anilines is 2. The van der Waals surface area contributed by atoms with Crippen molar-refractivity contribution in [2.45, 2.75) is 20.8 Å². The molecule has 0 bridgehead atoms. The molecule has 0 aliphatic rings. The molecule has 0 saturated carbocycles. The third-order valence-electron chi connectivity index (χ3n) is 3.32. The van der Waals surface area contributed by atoms with E-state index in [0.29, 0.717) is 11.4 Å². The van der Waals surface area contributed by atoms with E-state index in [-0.39, 0.29) is 18.2 Å². The van der Waals surface area contributed by atoms with Gasteiger partial charge in [0.2, 0.25) is 5.91 Å². The third-order valence-corrected chi connectivity index (χ3v) is 3.32. The molecule has 0 heterocycles. The summed E-state index contributed by atoms with van der Waals surface area (Å²) in [5.74, 6) is -0.672. The van der Waals surface area contributed by atoms with E-state index in [2.05, 4.69) is 10.6 Å². The molecule has 126 valence electrons. The van der Waals surface area contributed by atoms with Gasteiger partial charge < -0.3 is 15.4 Å². The molecule has 0 fully saturated rings. The van der Waals surface area contributed by atoms with E-state index < -0.39 is 11.7 Å². The molecule has 0 radical (unpaired) electrons. The van der Waals surface area contributed by atoms with Crippen LogP contribution >= 0.6 is 0 Å². The molecule has 2 rings (SSSR count). The van der Waals surface area contributed by atoms with E-state index in [1.165, 1.54) is 25.1 Å². The van der Waals surface area contributed by atoms with E-state index in [9.17, 15) is 14.0 Å². The van der Waals surface area contributed by atoms with Crippen molar-refractivity contribution in [1.82, 2.24) is 0 Å². The molecular weight excluding hydrogens is 311 g/mol. The SMILES string of the molecule is CC(=O)Nc1cc(NC(=O)COc2c(C)cccc2C)ccc1F. The minimum atomic E-state index is -0.574. The number of nitrogens with one attached hydrogen (secondary N) is 2. The zero-order valence-corrected chi connectivity index (χ0v) is 13.8. The van der Waals surface area contributed by atoms with Gasteiger partial charge in [-0.1, -0.05) is 18.2 Å². The molecule has 24 heavy (non-hydrogen) atoms. The van der Waals surface area contributed by atoms with Gasteiger partial charge in [0.1, 0.15) is 11.6 Å². The molecule has 0 aliphatic carbocycles. The lowest BCUT2D eigenvalue weighted by Gasteiger charge is -2.12. The van der Waals surface area contributed by atoms with Gasteiger partial charge in [-0.05, 0) is 43.2 Å². The molecule has 0 unspecified atom stereocenters. The second kappa shape index (κ2) is 7.59. The Morgan fingerprint density at radius 2 is 1.75 bits per heavy atom. The lowest BCUT2D eigenvalue weighted by molar-refractivity contribution is -0.118. The number of halogens is 1. The van der Waals surface area contributed by atoms with E-state index >= 15 is 0 Å². The Balaban J connectivity index is 2.01. The lowest BCUT2D eigenvalue weighted by atomic mass is 10.1. The van der Waals surface area contributed by atoms with Crippen LogP contribution in [0, 0.1) is 19.7 Å². The summed E-state index contributed by atoms with van der Waals surface area (Å²) in [4.78, 5) is 23.0. The summed E-state index contributed by atoms with van der Waals surface area (Å²) in [5.41, 5.74) is 2.27. The molecule has 6 heteroatoms. The molecule has 0 aliphatic heterocycles. The number of hydrogen-bond donors (Lipinski definition) is 2. The van der Waals surface area contributed by atoms with Crippen LogP contribution in [0.3, 0.4) is 0 Å². The average Bonchev–Trinajstić information content (AvgIpc) is 2.49. The van der Waals surface area contributed by atoms with Crippen molar-refractivity contribution in [3.63, 3.8) is 0 Å².